The van der Waals surface area contributed by atoms with Crippen LogP contribution in [-0.4, -0.2) is 46.2 Å². The Labute approximate surface area is 184 Å². The van der Waals surface area contributed by atoms with Gasteiger partial charge < -0.3 is 14.2 Å². The number of halogens is 2. The topological polar surface area (TPSA) is 91.4 Å². The summed E-state index contributed by atoms with van der Waals surface area (Å²) in [6.45, 7) is 0.892. The molecule has 0 N–H and O–H groups in total. The summed E-state index contributed by atoms with van der Waals surface area (Å²) in [6, 6.07) is 7.12. The lowest BCUT2D eigenvalue weighted by Gasteiger charge is -2.16. The van der Waals surface area contributed by atoms with Crippen molar-refractivity contribution in [2.75, 3.05) is 27.4 Å². The Kier molecular flexibility index (Phi) is 7.10. The SMILES string of the molecule is CON(C)S(=O)(=O)c1cc(C(=O)OCc2cc(Cl)c3c(c2)OCCCO3)ccc1Cl. The van der Waals surface area contributed by atoms with Gasteiger partial charge in [-0.3, -0.25) is 4.84 Å². The Bertz CT molecular complexity index is 1060. The number of hydrogen-bond donors (Lipinski definition) is 0. The number of sulfonamides is 1. The highest BCUT2D eigenvalue weighted by atomic mass is 35.5. The summed E-state index contributed by atoms with van der Waals surface area (Å²) in [4.78, 5) is 16.9. The van der Waals surface area contributed by atoms with Crippen molar-refractivity contribution in [2.45, 2.75) is 17.9 Å². The second-order valence-electron chi connectivity index (χ2n) is 6.27. The molecule has 1 aliphatic heterocycles. The molecule has 0 radical (unpaired) electrons. The van der Waals surface area contributed by atoms with E-state index in [1.165, 1.54) is 26.3 Å². The highest BCUT2D eigenvalue weighted by Crippen LogP contribution is 2.38. The van der Waals surface area contributed by atoms with Gasteiger partial charge in [-0.25, -0.2) is 13.2 Å². The van der Waals surface area contributed by atoms with Crippen LogP contribution in [0.1, 0.15) is 22.3 Å². The molecule has 2 aromatic carbocycles. The monoisotopic (exact) mass is 475 g/mol. The number of ether oxygens (including phenoxy) is 3. The van der Waals surface area contributed by atoms with Crippen molar-refractivity contribution in [3.8, 4) is 11.5 Å². The van der Waals surface area contributed by atoms with Gasteiger partial charge in [-0.2, -0.15) is 0 Å². The molecule has 0 bridgehead atoms. The average molecular weight is 476 g/mol. The van der Waals surface area contributed by atoms with Crippen molar-refractivity contribution in [1.82, 2.24) is 4.47 Å². The lowest BCUT2D eigenvalue weighted by atomic mass is 10.2. The Hall–Kier alpha value is -2.04. The number of benzene rings is 2. The molecule has 30 heavy (non-hydrogen) atoms. The molecular weight excluding hydrogens is 457 g/mol. The van der Waals surface area contributed by atoms with Gasteiger partial charge >= 0.3 is 5.97 Å². The molecule has 162 valence electrons. The third-order valence-corrected chi connectivity index (χ3v) is 6.71. The van der Waals surface area contributed by atoms with Crippen LogP contribution in [0.4, 0.5) is 0 Å². The molecule has 0 atom stereocenters. The first-order valence-corrected chi connectivity index (χ1v) is 11.0. The van der Waals surface area contributed by atoms with Crippen LogP contribution >= 0.6 is 23.2 Å². The molecule has 0 spiro atoms. The molecular formula is C19H19Cl2NO7S. The van der Waals surface area contributed by atoms with Gasteiger partial charge in [0.25, 0.3) is 10.0 Å². The highest BCUT2D eigenvalue weighted by Gasteiger charge is 2.25. The van der Waals surface area contributed by atoms with Crippen LogP contribution in [0.2, 0.25) is 10.0 Å². The summed E-state index contributed by atoms with van der Waals surface area (Å²) < 4.78 is 42.1. The maximum Gasteiger partial charge on any atom is 0.338 e. The van der Waals surface area contributed by atoms with Gasteiger partial charge in [0.2, 0.25) is 0 Å². The van der Waals surface area contributed by atoms with E-state index in [2.05, 4.69) is 0 Å². The first-order valence-electron chi connectivity index (χ1n) is 8.81. The summed E-state index contributed by atoms with van der Waals surface area (Å²) >= 11 is 12.2. The quantitative estimate of drug-likeness (QED) is 0.464. The molecule has 0 aromatic heterocycles. The molecule has 11 heteroatoms. The molecule has 0 unspecified atom stereocenters. The summed E-state index contributed by atoms with van der Waals surface area (Å²) in [5.74, 6) is 0.207. The van der Waals surface area contributed by atoms with Gasteiger partial charge in [0.1, 0.15) is 11.5 Å². The Morgan fingerprint density at radius 2 is 1.87 bits per heavy atom. The number of hydrogen-bond acceptors (Lipinski definition) is 7. The molecule has 1 aliphatic rings. The van der Waals surface area contributed by atoms with E-state index >= 15 is 0 Å². The normalized spacial score (nSPS) is 13.8. The van der Waals surface area contributed by atoms with Crippen molar-refractivity contribution in [1.29, 1.82) is 0 Å². The molecule has 0 saturated carbocycles. The van der Waals surface area contributed by atoms with Crippen molar-refractivity contribution < 1.29 is 32.3 Å². The minimum absolute atomic E-state index is 0.0166. The third kappa shape index (κ3) is 4.81. The van der Waals surface area contributed by atoms with Crippen LogP contribution in [-0.2, 0) is 26.2 Å². The number of carbonyl (C=O) groups excluding carboxylic acids is 1. The standard InChI is InChI=1S/C19H19Cl2NO7S/c1-22(26-2)30(24,25)17-10-13(4-5-14(17)20)19(23)29-11-12-8-15(21)18-16(9-12)27-6-3-7-28-18/h4-5,8-10H,3,6-7,11H2,1-2H3. The summed E-state index contributed by atoms with van der Waals surface area (Å²) in [5.41, 5.74) is 0.612. The molecule has 1 heterocycles. The molecule has 0 amide bonds. The fraction of sp³-hybridized carbons (Fsp3) is 0.316. The zero-order valence-electron chi connectivity index (χ0n) is 16.2. The molecule has 8 nitrogen and oxygen atoms in total. The lowest BCUT2D eigenvalue weighted by Crippen LogP contribution is -2.26. The lowest BCUT2D eigenvalue weighted by molar-refractivity contribution is -0.0258. The van der Waals surface area contributed by atoms with E-state index < -0.39 is 16.0 Å². The van der Waals surface area contributed by atoms with Gasteiger partial charge in [0.05, 0.1) is 35.9 Å². The van der Waals surface area contributed by atoms with E-state index in [0.29, 0.717) is 39.8 Å². The van der Waals surface area contributed by atoms with Gasteiger partial charge in [-0.1, -0.05) is 27.7 Å². The van der Waals surface area contributed by atoms with Gasteiger partial charge in [0.15, 0.2) is 11.5 Å². The van der Waals surface area contributed by atoms with E-state index in [9.17, 15) is 13.2 Å². The number of esters is 1. The Morgan fingerprint density at radius 3 is 2.60 bits per heavy atom. The minimum atomic E-state index is -4.04. The number of carbonyl (C=O) groups is 1. The van der Waals surface area contributed by atoms with Gasteiger partial charge in [0, 0.05) is 13.5 Å². The van der Waals surface area contributed by atoms with E-state index in [-0.39, 0.29) is 22.1 Å². The minimum Gasteiger partial charge on any atom is -0.489 e. The van der Waals surface area contributed by atoms with Crippen molar-refractivity contribution >= 4 is 39.2 Å². The third-order valence-electron chi connectivity index (χ3n) is 4.27. The predicted molar refractivity (Wildman–Crippen MR) is 110 cm³/mol. The summed E-state index contributed by atoms with van der Waals surface area (Å²) in [6.07, 6.45) is 0.732. The van der Waals surface area contributed by atoms with Gasteiger partial charge in [-0.05, 0) is 35.9 Å². The fourth-order valence-electron chi connectivity index (χ4n) is 2.66. The average Bonchev–Trinajstić information content (AvgIpc) is 2.97. The first kappa shape index (κ1) is 22.6. The predicted octanol–water partition coefficient (Wildman–Crippen LogP) is 3.69. The Balaban J connectivity index is 1.78. The smallest absolute Gasteiger partial charge is 0.338 e. The van der Waals surface area contributed by atoms with E-state index in [4.69, 9.17) is 42.3 Å². The number of hydroxylamine groups is 1. The molecule has 0 saturated heterocycles. The zero-order chi connectivity index (χ0) is 21.9. The highest BCUT2D eigenvalue weighted by molar-refractivity contribution is 7.89. The number of rotatable bonds is 6. The van der Waals surface area contributed by atoms with E-state index in [1.807, 2.05) is 0 Å². The van der Waals surface area contributed by atoms with Crippen LogP contribution in [0, 0.1) is 0 Å². The summed E-state index contributed by atoms with van der Waals surface area (Å²) in [5, 5.41) is 0.299. The second-order valence-corrected chi connectivity index (χ2v) is 8.99. The van der Waals surface area contributed by atoms with Crippen LogP contribution in [0.15, 0.2) is 35.2 Å². The second kappa shape index (κ2) is 9.40. The Morgan fingerprint density at radius 1 is 1.13 bits per heavy atom. The fourth-order valence-corrected chi connectivity index (χ4v) is 4.43. The largest absolute Gasteiger partial charge is 0.489 e. The molecule has 0 aliphatic carbocycles. The number of nitrogens with zero attached hydrogens (tertiary/aromatic N) is 1. The maximum atomic E-state index is 12.5. The van der Waals surface area contributed by atoms with Crippen molar-refractivity contribution in [3.63, 3.8) is 0 Å². The van der Waals surface area contributed by atoms with Gasteiger partial charge in [-0.15, -0.1) is 0 Å². The summed E-state index contributed by atoms with van der Waals surface area (Å²) in [7, 11) is -1.63. The molecule has 0 fully saturated rings. The van der Waals surface area contributed by atoms with E-state index in [0.717, 1.165) is 12.5 Å². The van der Waals surface area contributed by atoms with Crippen molar-refractivity contribution in [3.05, 3.63) is 51.5 Å². The number of fused-ring (bicyclic) bond motifs is 1. The maximum absolute atomic E-state index is 12.5. The van der Waals surface area contributed by atoms with Crippen LogP contribution in [0.3, 0.4) is 0 Å². The van der Waals surface area contributed by atoms with Crippen LogP contribution in [0.5, 0.6) is 11.5 Å². The first-order chi connectivity index (χ1) is 14.2. The molecule has 3 rings (SSSR count). The van der Waals surface area contributed by atoms with Crippen LogP contribution < -0.4 is 9.47 Å². The molecule has 2 aromatic rings. The zero-order valence-corrected chi connectivity index (χ0v) is 18.5. The van der Waals surface area contributed by atoms with E-state index in [1.54, 1.807) is 12.1 Å². The van der Waals surface area contributed by atoms with Crippen LogP contribution in [0.25, 0.3) is 0 Å². The van der Waals surface area contributed by atoms with Crippen molar-refractivity contribution in [2.24, 2.45) is 0 Å².